The van der Waals surface area contributed by atoms with Crippen molar-refractivity contribution in [3.63, 3.8) is 0 Å². The number of hydrogen-bond acceptors (Lipinski definition) is 4. The molecule has 0 atom stereocenters. The van der Waals surface area contributed by atoms with Crippen LogP contribution in [0.3, 0.4) is 0 Å². The van der Waals surface area contributed by atoms with Gasteiger partial charge in [-0.15, -0.1) is 5.10 Å². The lowest BCUT2D eigenvalue weighted by Gasteiger charge is -2.02. The molecule has 26 heavy (non-hydrogen) atoms. The molecule has 0 aliphatic rings. The molecule has 0 aliphatic carbocycles. The molecule has 5 rings (SSSR count). The molecule has 0 saturated heterocycles. The summed E-state index contributed by atoms with van der Waals surface area (Å²) in [5.74, 6) is 0.779. The van der Waals surface area contributed by atoms with E-state index in [9.17, 15) is 0 Å². The number of nitrogens with zero attached hydrogens (tertiary/aromatic N) is 6. The van der Waals surface area contributed by atoms with Crippen molar-refractivity contribution in [1.82, 2.24) is 29.4 Å². The summed E-state index contributed by atoms with van der Waals surface area (Å²) in [5.41, 5.74) is 3.98. The van der Waals surface area contributed by atoms with Crippen molar-refractivity contribution < 1.29 is 0 Å². The standard InChI is InChI=1S/C20H16N6/c1-3-7-15(8-4-1)11-18-23-20-17-12-22-25(13-16-9-5-2-6-10-16)19(17)21-14-26(20)24-18/h1-10,12,14H,11,13H2. The Balaban J connectivity index is 1.53. The summed E-state index contributed by atoms with van der Waals surface area (Å²) in [6, 6.07) is 20.5. The second kappa shape index (κ2) is 6.07. The number of rotatable bonds is 4. The van der Waals surface area contributed by atoms with E-state index in [-0.39, 0.29) is 0 Å². The first-order valence-electron chi connectivity index (χ1n) is 8.50. The van der Waals surface area contributed by atoms with Gasteiger partial charge < -0.3 is 0 Å². The molecule has 0 saturated carbocycles. The summed E-state index contributed by atoms with van der Waals surface area (Å²) in [5, 5.41) is 9.98. The maximum Gasteiger partial charge on any atom is 0.170 e. The van der Waals surface area contributed by atoms with Gasteiger partial charge in [0, 0.05) is 6.42 Å². The van der Waals surface area contributed by atoms with Crippen molar-refractivity contribution in [3.05, 3.63) is 90.1 Å². The SMILES string of the molecule is c1ccc(Cc2nc3c4cnn(Cc5ccccc5)c4ncn3n2)cc1. The van der Waals surface area contributed by atoms with Crippen LogP contribution < -0.4 is 0 Å². The van der Waals surface area contributed by atoms with Gasteiger partial charge in [-0.1, -0.05) is 60.7 Å². The van der Waals surface area contributed by atoms with E-state index in [2.05, 4.69) is 39.4 Å². The quantitative estimate of drug-likeness (QED) is 0.504. The molecule has 6 heteroatoms. The molecule has 0 fully saturated rings. The van der Waals surface area contributed by atoms with E-state index in [0.29, 0.717) is 13.0 Å². The Hall–Kier alpha value is -3.54. The van der Waals surface area contributed by atoms with Crippen molar-refractivity contribution in [3.8, 4) is 0 Å². The van der Waals surface area contributed by atoms with Crippen molar-refractivity contribution >= 4 is 16.7 Å². The Kier molecular flexibility index (Phi) is 3.45. The number of benzene rings is 2. The highest BCUT2D eigenvalue weighted by atomic mass is 15.3. The van der Waals surface area contributed by atoms with E-state index in [1.54, 1.807) is 10.8 Å². The lowest BCUT2D eigenvalue weighted by atomic mass is 10.1. The maximum absolute atomic E-state index is 4.72. The van der Waals surface area contributed by atoms with Crippen LogP contribution in [0.4, 0.5) is 0 Å². The van der Waals surface area contributed by atoms with Crippen LogP contribution in [0.2, 0.25) is 0 Å². The molecule has 3 heterocycles. The topological polar surface area (TPSA) is 60.9 Å². The number of aromatic nitrogens is 6. The summed E-state index contributed by atoms with van der Waals surface area (Å²) in [6.07, 6.45) is 4.23. The van der Waals surface area contributed by atoms with Crippen molar-refractivity contribution in [2.75, 3.05) is 0 Å². The van der Waals surface area contributed by atoms with Crippen LogP contribution in [0.25, 0.3) is 16.7 Å². The van der Waals surface area contributed by atoms with Gasteiger partial charge in [-0.3, -0.25) is 0 Å². The Labute approximate surface area is 149 Å². The van der Waals surface area contributed by atoms with Gasteiger partial charge in [0.05, 0.1) is 18.1 Å². The highest BCUT2D eigenvalue weighted by Crippen LogP contribution is 2.18. The third kappa shape index (κ3) is 2.61. The van der Waals surface area contributed by atoms with E-state index in [1.165, 1.54) is 11.1 Å². The highest BCUT2D eigenvalue weighted by Gasteiger charge is 2.13. The third-order valence-electron chi connectivity index (χ3n) is 4.40. The maximum atomic E-state index is 4.72. The second-order valence-electron chi connectivity index (χ2n) is 6.23. The van der Waals surface area contributed by atoms with Gasteiger partial charge in [0.1, 0.15) is 6.33 Å². The molecular formula is C20H16N6. The molecule has 126 valence electrons. The Morgan fingerprint density at radius 3 is 2.31 bits per heavy atom. The zero-order valence-electron chi connectivity index (χ0n) is 14.0. The van der Waals surface area contributed by atoms with E-state index in [0.717, 1.165) is 22.5 Å². The smallest absolute Gasteiger partial charge is 0.170 e. The second-order valence-corrected chi connectivity index (χ2v) is 6.23. The van der Waals surface area contributed by atoms with Gasteiger partial charge in [-0.25, -0.2) is 19.2 Å². The van der Waals surface area contributed by atoms with Gasteiger partial charge in [0.15, 0.2) is 17.1 Å². The van der Waals surface area contributed by atoms with Crippen LogP contribution in [0.1, 0.15) is 17.0 Å². The van der Waals surface area contributed by atoms with E-state index in [1.807, 2.05) is 47.3 Å². The molecule has 0 unspecified atom stereocenters. The average molecular weight is 340 g/mol. The Bertz CT molecular complexity index is 1170. The summed E-state index contributed by atoms with van der Waals surface area (Å²) < 4.78 is 3.63. The largest absolute Gasteiger partial charge is 0.243 e. The summed E-state index contributed by atoms with van der Waals surface area (Å²) in [7, 11) is 0. The lowest BCUT2D eigenvalue weighted by molar-refractivity contribution is 0.702. The third-order valence-corrected chi connectivity index (χ3v) is 4.40. The molecule has 0 spiro atoms. The van der Waals surface area contributed by atoms with Crippen LogP contribution >= 0.6 is 0 Å². The zero-order chi connectivity index (χ0) is 17.3. The van der Waals surface area contributed by atoms with Crippen molar-refractivity contribution in [2.24, 2.45) is 0 Å². The predicted molar refractivity (Wildman–Crippen MR) is 98.9 cm³/mol. The number of fused-ring (bicyclic) bond motifs is 3. The normalized spacial score (nSPS) is 11.4. The van der Waals surface area contributed by atoms with Gasteiger partial charge in [0.2, 0.25) is 0 Å². The Morgan fingerprint density at radius 1 is 0.808 bits per heavy atom. The highest BCUT2D eigenvalue weighted by molar-refractivity contribution is 5.88. The number of hydrogen-bond donors (Lipinski definition) is 0. The van der Waals surface area contributed by atoms with Gasteiger partial charge in [-0.05, 0) is 11.1 Å². The first-order chi connectivity index (χ1) is 12.9. The Morgan fingerprint density at radius 2 is 1.54 bits per heavy atom. The van der Waals surface area contributed by atoms with Crippen LogP contribution in [-0.4, -0.2) is 29.4 Å². The summed E-state index contributed by atoms with van der Waals surface area (Å²) in [4.78, 5) is 9.26. The fourth-order valence-electron chi connectivity index (χ4n) is 3.14. The van der Waals surface area contributed by atoms with Crippen LogP contribution in [0, 0.1) is 0 Å². The van der Waals surface area contributed by atoms with Gasteiger partial charge >= 0.3 is 0 Å². The lowest BCUT2D eigenvalue weighted by Crippen LogP contribution is -2.03. The molecule has 0 bridgehead atoms. The predicted octanol–water partition coefficient (Wildman–Crippen LogP) is 3.11. The molecular weight excluding hydrogens is 324 g/mol. The fraction of sp³-hybridized carbons (Fsp3) is 0.100. The minimum absolute atomic E-state index is 0.679. The first-order valence-corrected chi connectivity index (χ1v) is 8.50. The molecule has 0 aliphatic heterocycles. The van der Waals surface area contributed by atoms with Gasteiger partial charge in [-0.2, -0.15) is 5.10 Å². The first kappa shape index (κ1) is 14.8. The van der Waals surface area contributed by atoms with Crippen molar-refractivity contribution in [2.45, 2.75) is 13.0 Å². The monoisotopic (exact) mass is 340 g/mol. The summed E-state index contributed by atoms with van der Waals surface area (Å²) >= 11 is 0. The average Bonchev–Trinajstić information content (AvgIpc) is 3.27. The van der Waals surface area contributed by atoms with E-state index < -0.39 is 0 Å². The minimum atomic E-state index is 0.679. The van der Waals surface area contributed by atoms with Crippen LogP contribution in [-0.2, 0) is 13.0 Å². The molecule has 6 nitrogen and oxygen atoms in total. The molecule has 0 N–H and O–H groups in total. The molecule has 3 aromatic heterocycles. The molecule has 2 aromatic carbocycles. The van der Waals surface area contributed by atoms with Crippen LogP contribution in [0.15, 0.2) is 73.2 Å². The zero-order valence-corrected chi connectivity index (χ0v) is 14.0. The molecule has 0 amide bonds. The molecule has 0 radical (unpaired) electrons. The van der Waals surface area contributed by atoms with E-state index >= 15 is 0 Å². The minimum Gasteiger partial charge on any atom is -0.243 e. The van der Waals surface area contributed by atoms with Crippen LogP contribution in [0.5, 0.6) is 0 Å². The fourth-order valence-corrected chi connectivity index (χ4v) is 3.14. The summed E-state index contributed by atoms with van der Waals surface area (Å²) in [6.45, 7) is 0.679. The van der Waals surface area contributed by atoms with E-state index in [4.69, 9.17) is 4.98 Å². The molecule has 5 aromatic rings. The van der Waals surface area contributed by atoms with Gasteiger partial charge in [0.25, 0.3) is 0 Å². The van der Waals surface area contributed by atoms with Crippen molar-refractivity contribution in [1.29, 1.82) is 0 Å².